The fourth-order valence-corrected chi connectivity index (χ4v) is 3.47. The maximum Gasteiger partial charge on any atom is 0.332 e. The molecule has 0 bridgehead atoms. The zero-order valence-electron chi connectivity index (χ0n) is 17.9. The average Bonchev–Trinajstić information content (AvgIpc) is 2.76. The van der Waals surface area contributed by atoms with E-state index < -0.39 is 17.0 Å². The van der Waals surface area contributed by atoms with Crippen LogP contribution in [0.5, 0.6) is 5.75 Å². The quantitative estimate of drug-likeness (QED) is 0.553. The van der Waals surface area contributed by atoms with Crippen LogP contribution in [0.1, 0.15) is 21.5 Å². The van der Waals surface area contributed by atoms with Gasteiger partial charge in [0.2, 0.25) is 0 Å². The first kappa shape index (κ1) is 22.0. The highest BCUT2D eigenvalue weighted by Crippen LogP contribution is 2.19. The number of Topliss-reactive ketones (excluding diaryl/α,β-unsaturated/α-hetero) is 1. The van der Waals surface area contributed by atoms with Crippen molar-refractivity contribution in [2.45, 2.75) is 13.1 Å². The normalized spacial score (nSPS) is 11.0. The van der Waals surface area contributed by atoms with E-state index in [1.165, 1.54) is 11.6 Å². The van der Waals surface area contributed by atoms with E-state index in [-0.39, 0.29) is 24.5 Å². The standard InChI is InChI=1S/C23H26N4O4/c1-25(14-17-11-7-8-12-19(17)31-3)15-18(28)20-21(24)27(23(30)26(2)22(20)29)13-16-9-5-4-6-10-16/h4-12H,13-15,24H2,1-3H3. The molecule has 0 aliphatic rings. The van der Waals surface area contributed by atoms with Crippen molar-refractivity contribution < 1.29 is 9.53 Å². The first-order valence-electron chi connectivity index (χ1n) is 9.80. The predicted octanol–water partition coefficient (Wildman–Crippen LogP) is 1.50. The molecule has 1 aromatic heterocycles. The van der Waals surface area contributed by atoms with Gasteiger partial charge in [0.25, 0.3) is 5.56 Å². The molecule has 0 spiro atoms. The van der Waals surface area contributed by atoms with E-state index in [1.54, 1.807) is 19.1 Å². The highest BCUT2D eigenvalue weighted by Gasteiger charge is 2.23. The third kappa shape index (κ3) is 4.75. The molecule has 0 unspecified atom stereocenters. The Morgan fingerprint density at radius 1 is 1.06 bits per heavy atom. The Kier molecular flexibility index (Phi) is 6.71. The lowest BCUT2D eigenvalue weighted by molar-refractivity contribution is 0.0940. The summed E-state index contributed by atoms with van der Waals surface area (Å²) in [5.74, 6) is 0.151. The molecule has 8 nitrogen and oxygen atoms in total. The SMILES string of the molecule is COc1ccccc1CN(C)CC(=O)c1c(N)n(Cc2ccccc2)c(=O)n(C)c1=O. The van der Waals surface area contributed by atoms with Crippen molar-refractivity contribution in [2.75, 3.05) is 26.4 Å². The number of hydrogen-bond donors (Lipinski definition) is 1. The van der Waals surface area contributed by atoms with Crippen molar-refractivity contribution in [3.63, 3.8) is 0 Å². The van der Waals surface area contributed by atoms with E-state index in [4.69, 9.17) is 10.5 Å². The van der Waals surface area contributed by atoms with Gasteiger partial charge in [-0.2, -0.15) is 0 Å². The fourth-order valence-electron chi connectivity index (χ4n) is 3.47. The van der Waals surface area contributed by atoms with Crippen LogP contribution in [-0.2, 0) is 20.1 Å². The summed E-state index contributed by atoms with van der Waals surface area (Å²) in [7, 11) is 4.70. The van der Waals surface area contributed by atoms with Gasteiger partial charge in [-0.3, -0.25) is 23.6 Å². The number of anilines is 1. The lowest BCUT2D eigenvalue weighted by atomic mass is 10.1. The molecule has 0 saturated heterocycles. The third-order valence-electron chi connectivity index (χ3n) is 5.09. The highest BCUT2D eigenvalue weighted by molar-refractivity contribution is 6.01. The number of nitrogen functional groups attached to an aromatic ring is 1. The maximum atomic E-state index is 13.0. The molecule has 0 aliphatic carbocycles. The molecule has 0 atom stereocenters. The van der Waals surface area contributed by atoms with Crippen LogP contribution in [0.15, 0.2) is 64.2 Å². The second-order valence-electron chi connectivity index (χ2n) is 7.39. The molecule has 3 aromatic rings. The number of ketones is 1. The summed E-state index contributed by atoms with van der Waals surface area (Å²) in [6, 6.07) is 16.8. The van der Waals surface area contributed by atoms with E-state index in [1.807, 2.05) is 54.6 Å². The van der Waals surface area contributed by atoms with E-state index in [2.05, 4.69) is 0 Å². The van der Waals surface area contributed by atoms with Crippen LogP contribution in [0.25, 0.3) is 0 Å². The van der Waals surface area contributed by atoms with Gasteiger partial charge in [0.05, 0.1) is 20.2 Å². The van der Waals surface area contributed by atoms with Gasteiger partial charge in [0.15, 0.2) is 5.78 Å². The number of likely N-dealkylation sites (N-methyl/N-ethyl adjacent to an activating group) is 1. The van der Waals surface area contributed by atoms with Crippen molar-refractivity contribution in [2.24, 2.45) is 7.05 Å². The molecular weight excluding hydrogens is 396 g/mol. The maximum absolute atomic E-state index is 13.0. The van der Waals surface area contributed by atoms with Crippen LogP contribution in [-0.4, -0.2) is 40.5 Å². The van der Waals surface area contributed by atoms with Crippen molar-refractivity contribution in [1.82, 2.24) is 14.0 Å². The molecule has 0 fully saturated rings. The number of nitrogens with two attached hydrogens (primary N) is 1. The van der Waals surface area contributed by atoms with Crippen LogP contribution in [0.3, 0.4) is 0 Å². The Morgan fingerprint density at radius 2 is 1.71 bits per heavy atom. The third-order valence-corrected chi connectivity index (χ3v) is 5.09. The molecule has 3 rings (SSSR count). The molecule has 1 heterocycles. The van der Waals surface area contributed by atoms with E-state index in [9.17, 15) is 14.4 Å². The summed E-state index contributed by atoms with van der Waals surface area (Å²) in [5.41, 5.74) is 6.48. The van der Waals surface area contributed by atoms with Gasteiger partial charge in [-0.05, 0) is 18.7 Å². The van der Waals surface area contributed by atoms with Crippen LogP contribution >= 0.6 is 0 Å². The zero-order valence-corrected chi connectivity index (χ0v) is 17.9. The molecule has 0 saturated carbocycles. The first-order chi connectivity index (χ1) is 14.8. The Hall–Kier alpha value is -3.65. The van der Waals surface area contributed by atoms with Crippen molar-refractivity contribution >= 4 is 11.6 Å². The summed E-state index contributed by atoms with van der Waals surface area (Å²) >= 11 is 0. The van der Waals surface area contributed by atoms with Crippen LogP contribution in [0, 0.1) is 0 Å². The van der Waals surface area contributed by atoms with Gasteiger partial charge < -0.3 is 10.5 Å². The van der Waals surface area contributed by atoms with Gasteiger partial charge >= 0.3 is 5.69 Å². The fraction of sp³-hybridized carbons (Fsp3) is 0.261. The lowest BCUT2D eigenvalue weighted by Crippen LogP contribution is -2.44. The van der Waals surface area contributed by atoms with Crippen molar-refractivity contribution in [3.8, 4) is 5.75 Å². The molecule has 8 heteroatoms. The number of ether oxygens (including phenoxy) is 1. The van der Waals surface area contributed by atoms with Gasteiger partial charge in [0, 0.05) is 19.2 Å². The van der Waals surface area contributed by atoms with E-state index in [0.29, 0.717) is 12.3 Å². The number of hydrogen-bond acceptors (Lipinski definition) is 6. The number of para-hydroxylation sites is 1. The second kappa shape index (κ2) is 9.44. The van der Waals surface area contributed by atoms with Crippen molar-refractivity contribution in [1.29, 1.82) is 0 Å². The van der Waals surface area contributed by atoms with Gasteiger partial charge in [0.1, 0.15) is 17.1 Å². The molecular formula is C23H26N4O4. The number of nitrogens with zero attached hydrogens (tertiary/aromatic N) is 3. The summed E-state index contributed by atoms with van der Waals surface area (Å²) in [6.45, 7) is 0.567. The molecule has 2 aromatic carbocycles. The van der Waals surface area contributed by atoms with Crippen LogP contribution in [0.2, 0.25) is 0 Å². The summed E-state index contributed by atoms with van der Waals surface area (Å²) in [4.78, 5) is 40.1. The molecule has 0 aliphatic heterocycles. The van der Waals surface area contributed by atoms with Gasteiger partial charge in [-0.25, -0.2) is 4.79 Å². The van der Waals surface area contributed by atoms with Crippen LogP contribution < -0.4 is 21.7 Å². The minimum absolute atomic E-state index is 0.0406. The van der Waals surface area contributed by atoms with Crippen LogP contribution in [0.4, 0.5) is 5.82 Å². The monoisotopic (exact) mass is 422 g/mol. The average molecular weight is 422 g/mol. The van der Waals surface area contributed by atoms with Crippen molar-refractivity contribution in [3.05, 3.63) is 92.1 Å². The Bertz CT molecular complexity index is 1200. The number of carbonyl (C=O) groups is 1. The topological polar surface area (TPSA) is 99.6 Å². The first-order valence-corrected chi connectivity index (χ1v) is 9.80. The van der Waals surface area contributed by atoms with E-state index >= 15 is 0 Å². The molecule has 31 heavy (non-hydrogen) atoms. The number of aromatic nitrogens is 2. The summed E-state index contributed by atoms with van der Waals surface area (Å²) < 4.78 is 7.53. The van der Waals surface area contributed by atoms with E-state index in [0.717, 1.165) is 15.7 Å². The van der Waals surface area contributed by atoms with Gasteiger partial charge in [-0.15, -0.1) is 0 Å². The minimum Gasteiger partial charge on any atom is -0.496 e. The Balaban J connectivity index is 1.90. The molecule has 2 N–H and O–H groups in total. The Labute approximate surface area is 180 Å². The number of carbonyl (C=O) groups excluding carboxylic acids is 1. The second-order valence-corrected chi connectivity index (χ2v) is 7.39. The zero-order chi connectivity index (χ0) is 22.5. The number of benzene rings is 2. The summed E-state index contributed by atoms with van der Waals surface area (Å²) in [6.07, 6.45) is 0. The summed E-state index contributed by atoms with van der Waals surface area (Å²) in [5, 5.41) is 0. The molecule has 0 amide bonds. The predicted molar refractivity (Wildman–Crippen MR) is 120 cm³/mol. The number of rotatable bonds is 8. The molecule has 0 radical (unpaired) electrons. The lowest BCUT2D eigenvalue weighted by Gasteiger charge is -2.19. The number of methoxy groups -OCH3 is 1. The smallest absolute Gasteiger partial charge is 0.332 e. The Morgan fingerprint density at radius 3 is 2.39 bits per heavy atom. The largest absolute Gasteiger partial charge is 0.496 e. The molecule has 162 valence electrons. The highest BCUT2D eigenvalue weighted by atomic mass is 16.5. The minimum atomic E-state index is -0.692. The van der Waals surface area contributed by atoms with Gasteiger partial charge in [-0.1, -0.05) is 48.5 Å².